The van der Waals surface area contributed by atoms with E-state index < -0.39 is 0 Å². The van der Waals surface area contributed by atoms with Crippen LogP contribution >= 0.6 is 12.6 Å². The van der Waals surface area contributed by atoms with Crippen molar-refractivity contribution in [3.63, 3.8) is 0 Å². The number of hydrogen-bond acceptors (Lipinski definition) is 3. The SMILES string of the molecule is C=C(CS)C(=O)OC.c1ccccc1. The molecule has 0 bridgehead atoms. The van der Waals surface area contributed by atoms with E-state index >= 15 is 0 Å². The molecule has 0 spiro atoms. The van der Waals surface area contributed by atoms with Crippen molar-refractivity contribution in [3.05, 3.63) is 48.6 Å². The molecule has 3 heteroatoms. The molecular formula is C11H14O2S. The van der Waals surface area contributed by atoms with Gasteiger partial charge in [0.15, 0.2) is 0 Å². The fourth-order valence-electron chi connectivity index (χ4n) is 0.594. The number of methoxy groups -OCH3 is 1. The fraction of sp³-hybridized carbons (Fsp3) is 0.182. The monoisotopic (exact) mass is 210 g/mol. The molecule has 0 aliphatic rings. The summed E-state index contributed by atoms with van der Waals surface area (Å²) in [7, 11) is 1.32. The normalized spacial score (nSPS) is 8.14. The lowest BCUT2D eigenvalue weighted by molar-refractivity contribution is -0.135. The predicted octanol–water partition coefficient (Wildman–Crippen LogP) is 2.33. The van der Waals surface area contributed by atoms with Crippen molar-refractivity contribution in [2.75, 3.05) is 12.9 Å². The molecule has 0 radical (unpaired) electrons. The zero-order chi connectivity index (χ0) is 10.8. The van der Waals surface area contributed by atoms with E-state index in [0.29, 0.717) is 11.3 Å². The van der Waals surface area contributed by atoms with E-state index in [2.05, 4.69) is 23.9 Å². The van der Waals surface area contributed by atoms with E-state index in [-0.39, 0.29) is 5.97 Å². The molecule has 1 rings (SSSR count). The fourth-order valence-corrected chi connectivity index (χ4v) is 0.723. The Morgan fingerprint density at radius 3 is 1.71 bits per heavy atom. The minimum atomic E-state index is -0.389. The van der Waals surface area contributed by atoms with E-state index in [0.717, 1.165) is 0 Å². The topological polar surface area (TPSA) is 26.3 Å². The summed E-state index contributed by atoms with van der Waals surface area (Å²) in [5.41, 5.74) is 0.385. The van der Waals surface area contributed by atoms with E-state index in [1.165, 1.54) is 7.11 Å². The van der Waals surface area contributed by atoms with Gasteiger partial charge in [-0.15, -0.1) is 0 Å². The summed E-state index contributed by atoms with van der Waals surface area (Å²) in [4.78, 5) is 10.4. The van der Waals surface area contributed by atoms with Crippen molar-refractivity contribution in [1.29, 1.82) is 0 Å². The van der Waals surface area contributed by atoms with Crippen LogP contribution in [0.1, 0.15) is 0 Å². The summed E-state index contributed by atoms with van der Waals surface area (Å²) >= 11 is 3.81. The van der Waals surface area contributed by atoms with Crippen molar-refractivity contribution >= 4 is 18.6 Å². The molecule has 0 atom stereocenters. The number of carbonyl (C=O) groups is 1. The van der Waals surface area contributed by atoms with Crippen molar-refractivity contribution < 1.29 is 9.53 Å². The van der Waals surface area contributed by atoms with Crippen LogP contribution in [0.2, 0.25) is 0 Å². The number of thiol groups is 1. The summed E-state index contributed by atoms with van der Waals surface area (Å²) in [5, 5.41) is 0. The lowest BCUT2D eigenvalue weighted by Crippen LogP contribution is -2.03. The van der Waals surface area contributed by atoms with Crippen LogP contribution in [0.5, 0.6) is 0 Å². The van der Waals surface area contributed by atoms with Gasteiger partial charge in [0.25, 0.3) is 0 Å². The Morgan fingerprint density at radius 1 is 1.21 bits per heavy atom. The van der Waals surface area contributed by atoms with Crippen LogP contribution in [0.4, 0.5) is 0 Å². The molecule has 0 aliphatic heterocycles. The van der Waals surface area contributed by atoms with Gasteiger partial charge in [-0.05, 0) is 0 Å². The van der Waals surface area contributed by atoms with Gasteiger partial charge in [0.05, 0.1) is 7.11 Å². The molecule has 1 aromatic carbocycles. The van der Waals surface area contributed by atoms with Gasteiger partial charge in [-0.25, -0.2) is 4.79 Å². The zero-order valence-corrected chi connectivity index (χ0v) is 9.04. The van der Waals surface area contributed by atoms with Crippen molar-refractivity contribution in [2.45, 2.75) is 0 Å². The van der Waals surface area contributed by atoms with E-state index in [4.69, 9.17) is 0 Å². The highest BCUT2D eigenvalue weighted by Crippen LogP contribution is 1.94. The molecule has 0 aromatic heterocycles. The summed E-state index contributed by atoms with van der Waals surface area (Å²) in [5.74, 6) is -0.0350. The molecule has 1 aromatic rings. The average molecular weight is 210 g/mol. The largest absolute Gasteiger partial charge is 0.466 e. The van der Waals surface area contributed by atoms with Gasteiger partial charge >= 0.3 is 5.97 Å². The molecule has 14 heavy (non-hydrogen) atoms. The average Bonchev–Trinajstić information content (AvgIpc) is 2.30. The summed E-state index contributed by atoms with van der Waals surface area (Å²) in [6.07, 6.45) is 0. The Labute approximate surface area is 90.0 Å². The molecule has 0 heterocycles. The summed E-state index contributed by atoms with van der Waals surface area (Å²) < 4.78 is 4.32. The van der Waals surface area contributed by atoms with Gasteiger partial charge in [0.2, 0.25) is 0 Å². The number of ether oxygens (including phenoxy) is 1. The van der Waals surface area contributed by atoms with Crippen molar-refractivity contribution in [1.82, 2.24) is 0 Å². The standard InChI is InChI=1S/C6H6.C5H8O2S/c1-2-4-6-5-3-1;1-4(3-8)5(6)7-2/h1-6H;8H,1,3H2,2H3. The summed E-state index contributed by atoms with van der Waals surface area (Å²) in [6, 6.07) is 12.0. The van der Waals surface area contributed by atoms with Crippen molar-refractivity contribution in [3.8, 4) is 0 Å². The minimum absolute atomic E-state index is 0.354. The van der Waals surface area contributed by atoms with Crippen molar-refractivity contribution in [2.24, 2.45) is 0 Å². The lowest BCUT2D eigenvalue weighted by atomic mass is 10.4. The highest BCUT2D eigenvalue weighted by atomic mass is 32.1. The molecule has 0 saturated heterocycles. The number of rotatable bonds is 2. The van der Waals surface area contributed by atoms with Crippen LogP contribution in [0.25, 0.3) is 0 Å². The summed E-state index contributed by atoms with van der Waals surface area (Å²) in [6.45, 7) is 3.39. The third-order valence-corrected chi connectivity index (χ3v) is 1.71. The number of carbonyl (C=O) groups excluding carboxylic acids is 1. The van der Waals surface area contributed by atoms with E-state index in [1.807, 2.05) is 36.4 Å². The Bertz CT molecular complexity index is 229. The second kappa shape index (κ2) is 8.38. The molecule has 0 N–H and O–H groups in total. The van der Waals surface area contributed by atoms with Crippen LogP contribution in [0, 0.1) is 0 Å². The Morgan fingerprint density at radius 2 is 1.57 bits per heavy atom. The highest BCUT2D eigenvalue weighted by molar-refractivity contribution is 7.80. The van der Waals surface area contributed by atoms with Crippen LogP contribution in [0.15, 0.2) is 48.6 Å². The van der Waals surface area contributed by atoms with Gasteiger partial charge in [0.1, 0.15) is 0 Å². The molecule has 76 valence electrons. The maximum Gasteiger partial charge on any atom is 0.333 e. The van der Waals surface area contributed by atoms with E-state index in [1.54, 1.807) is 0 Å². The first-order valence-corrected chi connectivity index (χ1v) is 4.72. The second-order valence-corrected chi connectivity index (χ2v) is 2.72. The predicted molar refractivity (Wildman–Crippen MR) is 61.5 cm³/mol. The van der Waals surface area contributed by atoms with Gasteiger partial charge in [-0.2, -0.15) is 12.6 Å². The second-order valence-electron chi connectivity index (χ2n) is 2.41. The van der Waals surface area contributed by atoms with Crippen LogP contribution in [-0.2, 0) is 9.53 Å². The molecule has 0 unspecified atom stereocenters. The van der Waals surface area contributed by atoms with Gasteiger partial charge in [-0.1, -0.05) is 43.0 Å². The van der Waals surface area contributed by atoms with Gasteiger partial charge < -0.3 is 4.74 Å². The molecule has 0 amide bonds. The highest BCUT2D eigenvalue weighted by Gasteiger charge is 2.01. The number of esters is 1. The van der Waals surface area contributed by atoms with Gasteiger partial charge in [0, 0.05) is 11.3 Å². The Balaban J connectivity index is 0.000000249. The first kappa shape index (κ1) is 12.8. The first-order valence-electron chi connectivity index (χ1n) is 4.09. The molecule has 0 fully saturated rings. The lowest BCUT2D eigenvalue weighted by Gasteiger charge is -1.95. The minimum Gasteiger partial charge on any atom is -0.466 e. The first-order chi connectivity index (χ1) is 6.72. The van der Waals surface area contributed by atoms with Crippen LogP contribution in [-0.4, -0.2) is 18.8 Å². The third-order valence-electron chi connectivity index (χ3n) is 1.33. The Kier molecular flexibility index (Phi) is 7.65. The number of hydrogen-bond donors (Lipinski definition) is 1. The third kappa shape index (κ3) is 6.31. The Hall–Kier alpha value is -1.22. The molecule has 2 nitrogen and oxygen atoms in total. The van der Waals surface area contributed by atoms with Gasteiger partial charge in [-0.3, -0.25) is 0 Å². The molecular weight excluding hydrogens is 196 g/mol. The smallest absolute Gasteiger partial charge is 0.333 e. The maximum atomic E-state index is 10.4. The van der Waals surface area contributed by atoms with Crippen LogP contribution in [0.3, 0.4) is 0 Å². The number of benzene rings is 1. The quantitative estimate of drug-likeness (QED) is 0.460. The molecule has 0 aliphatic carbocycles. The zero-order valence-electron chi connectivity index (χ0n) is 8.14. The maximum absolute atomic E-state index is 10.4. The molecule has 0 saturated carbocycles. The van der Waals surface area contributed by atoms with E-state index in [9.17, 15) is 4.79 Å². The van der Waals surface area contributed by atoms with Crippen LogP contribution < -0.4 is 0 Å².